The molecule has 8 amide bonds. The minimum Gasteiger partial charge on any atom is -0.481 e. The maximum Gasteiger partial charge on any atom is 0.322 e. The summed E-state index contributed by atoms with van der Waals surface area (Å²) in [5, 5.41) is 56.9. The predicted molar refractivity (Wildman–Crippen MR) is 238 cm³/mol. The molecule has 380 valence electrons. The van der Waals surface area contributed by atoms with Gasteiger partial charge in [-0.3, -0.25) is 57.9 Å². The van der Waals surface area contributed by atoms with Crippen LogP contribution in [0.5, 0.6) is 0 Å². The molecule has 0 saturated heterocycles. The van der Waals surface area contributed by atoms with E-state index in [4.69, 9.17) is 33.8 Å². The number of aliphatic hydroxyl groups is 2. The van der Waals surface area contributed by atoms with Gasteiger partial charge in [0.25, 0.3) is 0 Å². The number of guanidine groups is 2. The van der Waals surface area contributed by atoms with Crippen molar-refractivity contribution in [1.29, 1.82) is 0 Å². The first-order chi connectivity index (χ1) is 31.2. The smallest absolute Gasteiger partial charge is 0.322 e. The zero-order chi connectivity index (χ0) is 51.6. The quantitative estimate of drug-likeness (QED) is 0.0169. The number of carboxylic acid groups (broad SMARTS) is 2. The molecule has 0 aliphatic rings. The van der Waals surface area contributed by atoms with Gasteiger partial charge in [0.2, 0.25) is 47.3 Å². The summed E-state index contributed by atoms with van der Waals surface area (Å²) in [6.45, 7) is 5.33. The maximum atomic E-state index is 13.7. The predicted octanol–water partition coefficient (Wildman–Crippen LogP) is -7.80. The van der Waals surface area contributed by atoms with Gasteiger partial charge in [0.15, 0.2) is 11.9 Å². The molecule has 0 radical (unpaired) electrons. The van der Waals surface area contributed by atoms with Crippen molar-refractivity contribution in [1.82, 2.24) is 42.5 Å². The third kappa shape index (κ3) is 25.4. The van der Waals surface area contributed by atoms with Gasteiger partial charge in [0.1, 0.15) is 42.8 Å². The maximum absolute atomic E-state index is 13.7. The SMILES string of the molecule is CC(C)C[C@H](NC(=O)[C@H](CO)NC(=O)[C@@H](N)C(C)C)C(=O)N[C@@H](CCCN=C(N)N)C(=O)NCC(=O)N[C@@H](CC(=O)O)C(=O)N[C@H](C(=O)N[C@@H](CCCN=C(N)N)C(=O)NCC(=O)O)[C@@H](C)O. The molecule has 0 heterocycles. The van der Waals surface area contributed by atoms with E-state index in [2.05, 4.69) is 52.5 Å². The van der Waals surface area contributed by atoms with Crippen LogP contribution >= 0.6 is 0 Å². The molecule has 0 unspecified atom stereocenters. The highest BCUT2D eigenvalue weighted by molar-refractivity contribution is 5.98. The van der Waals surface area contributed by atoms with Gasteiger partial charge in [-0.05, 0) is 50.9 Å². The Labute approximate surface area is 386 Å². The van der Waals surface area contributed by atoms with E-state index in [1.54, 1.807) is 27.7 Å². The Kier molecular flexibility index (Phi) is 27.9. The number of carboxylic acids is 2. The van der Waals surface area contributed by atoms with Crippen LogP contribution in [0.4, 0.5) is 0 Å². The Bertz CT molecular complexity index is 1770. The van der Waals surface area contributed by atoms with Crippen LogP contribution in [0.25, 0.3) is 0 Å². The first-order valence-corrected chi connectivity index (χ1v) is 21.2. The number of amides is 8. The Balaban J connectivity index is 6.20. The van der Waals surface area contributed by atoms with Crippen molar-refractivity contribution in [3.05, 3.63) is 0 Å². The van der Waals surface area contributed by atoms with Gasteiger partial charge in [0, 0.05) is 13.1 Å². The van der Waals surface area contributed by atoms with Crippen molar-refractivity contribution in [3.8, 4) is 0 Å². The molecule has 0 aromatic heterocycles. The minimum absolute atomic E-state index is 0.000472. The van der Waals surface area contributed by atoms with Crippen molar-refractivity contribution in [3.63, 3.8) is 0 Å². The van der Waals surface area contributed by atoms with Crippen molar-refractivity contribution in [2.24, 2.45) is 50.5 Å². The molecule has 8 atom stereocenters. The average molecular weight is 960 g/mol. The number of hydrogen-bond donors (Lipinski definition) is 17. The number of nitrogens with two attached hydrogens (primary N) is 5. The van der Waals surface area contributed by atoms with Crippen LogP contribution in [0.2, 0.25) is 0 Å². The van der Waals surface area contributed by atoms with Crippen LogP contribution in [0.1, 0.15) is 73.1 Å². The van der Waals surface area contributed by atoms with E-state index in [0.29, 0.717) is 0 Å². The molecule has 22 N–H and O–H groups in total. The lowest BCUT2D eigenvalue weighted by Gasteiger charge is -2.27. The van der Waals surface area contributed by atoms with Gasteiger partial charge >= 0.3 is 11.9 Å². The van der Waals surface area contributed by atoms with Crippen LogP contribution < -0.4 is 71.2 Å². The summed E-state index contributed by atoms with van der Waals surface area (Å²) in [4.78, 5) is 136. The van der Waals surface area contributed by atoms with Gasteiger partial charge < -0.3 is 91.6 Å². The molecule has 0 aliphatic carbocycles. The van der Waals surface area contributed by atoms with E-state index in [-0.39, 0.29) is 68.9 Å². The monoisotopic (exact) mass is 960 g/mol. The van der Waals surface area contributed by atoms with Gasteiger partial charge in [-0.25, -0.2) is 0 Å². The summed E-state index contributed by atoms with van der Waals surface area (Å²) in [5.74, 6) is -12.1. The van der Waals surface area contributed by atoms with Crippen LogP contribution in [-0.4, -0.2) is 173 Å². The lowest BCUT2D eigenvalue weighted by molar-refractivity contribution is -0.141. The molecular formula is C38H69N15O14. The summed E-state index contributed by atoms with van der Waals surface area (Å²) in [7, 11) is 0. The highest BCUT2D eigenvalue weighted by Gasteiger charge is 2.34. The van der Waals surface area contributed by atoms with E-state index in [9.17, 15) is 63.3 Å². The number of nitrogens with one attached hydrogen (secondary N) is 8. The summed E-state index contributed by atoms with van der Waals surface area (Å²) in [6, 6.07) is -10.4. The van der Waals surface area contributed by atoms with E-state index in [0.717, 1.165) is 6.92 Å². The molecule has 0 bridgehead atoms. The number of aliphatic carboxylic acids is 2. The fraction of sp³-hybridized carbons (Fsp3) is 0.684. The standard InChI is InChI=1S/C38H69N15O14/c1-17(2)12-22(51-34(65)24(16-54)52-35(66)28(39)18(3)4)32(63)49-20(8-6-10-44-37(40)41)30(61)46-14-25(56)48-23(13-26(57)58)33(64)53-29(19(5)55)36(67)50-21(9-7-11-45-38(42)43)31(62)47-15-27(59)60/h17-24,28-29,54-55H,6-16,39H2,1-5H3,(H,46,61)(H,47,62)(H,48,56)(H,49,63)(H,50,67)(H,51,65)(H,52,66)(H,53,64)(H,57,58)(H,59,60)(H4,40,41,44)(H4,42,43,45)/t19-,20+,21+,22+,23+,24+,28+,29+/m1/s1. The highest BCUT2D eigenvalue weighted by Crippen LogP contribution is 2.09. The Hall–Kier alpha value is -6.88. The molecule has 0 rings (SSSR count). The second-order valence-electron chi connectivity index (χ2n) is 16.0. The zero-order valence-corrected chi connectivity index (χ0v) is 38.2. The molecule has 0 spiro atoms. The van der Waals surface area contributed by atoms with Crippen LogP contribution in [0, 0.1) is 11.8 Å². The van der Waals surface area contributed by atoms with Crippen molar-refractivity contribution >= 4 is 71.1 Å². The van der Waals surface area contributed by atoms with Gasteiger partial charge in [-0.15, -0.1) is 0 Å². The summed E-state index contributed by atoms with van der Waals surface area (Å²) >= 11 is 0. The van der Waals surface area contributed by atoms with Crippen LogP contribution in [0.3, 0.4) is 0 Å². The largest absolute Gasteiger partial charge is 0.481 e. The Morgan fingerprint density at radius 3 is 1.42 bits per heavy atom. The van der Waals surface area contributed by atoms with E-state index in [1.165, 1.54) is 0 Å². The molecule has 0 saturated carbocycles. The van der Waals surface area contributed by atoms with E-state index >= 15 is 0 Å². The summed E-state index contributed by atoms with van der Waals surface area (Å²) in [5.41, 5.74) is 27.2. The molecule has 29 nitrogen and oxygen atoms in total. The highest BCUT2D eigenvalue weighted by atomic mass is 16.4. The number of aliphatic imine (C=N–C) groups is 2. The van der Waals surface area contributed by atoms with Crippen molar-refractivity contribution in [2.45, 2.75) is 122 Å². The molecule has 0 fully saturated rings. The number of hydrogen-bond acceptors (Lipinski definition) is 15. The minimum atomic E-state index is -1.92. The molecule has 0 aliphatic heterocycles. The first kappa shape index (κ1) is 60.1. The number of rotatable bonds is 32. The molecule has 0 aromatic carbocycles. The molecule has 29 heteroatoms. The Morgan fingerprint density at radius 2 is 0.985 bits per heavy atom. The second-order valence-corrected chi connectivity index (χ2v) is 16.0. The van der Waals surface area contributed by atoms with Crippen LogP contribution in [0.15, 0.2) is 9.98 Å². The molecule has 67 heavy (non-hydrogen) atoms. The lowest BCUT2D eigenvalue weighted by atomic mass is 10.0. The average Bonchev–Trinajstić information content (AvgIpc) is 3.22. The lowest BCUT2D eigenvalue weighted by Crippen LogP contribution is -2.60. The molecular weight excluding hydrogens is 891 g/mol. The van der Waals surface area contributed by atoms with Crippen LogP contribution in [-0.2, 0) is 47.9 Å². The number of carbonyl (C=O) groups excluding carboxylic acids is 8. The number of aliphatic hydroxyl groups excluding tert-OH is 2. The molecule has 0 aromatic rings. The third-order valence-corrected chi connectivity index (χ3v) is 9.26. The summed E-state index contributed by atoms with van der Waals surface area (Å²) in [6.07, 6.45) is -2.81. The third-order valence-electron chi connectivity index (χ3n) is 9.26. The van der Waals surface area contributed by atoms with Gasteiger partial charge in [-0.1, -0.05) is 27.7 Å². The number of nitrogens with zero attached hydrogens (tertiary/aromatic N) is 2. The van der Waals surface area contributed by atoms with Gasteiger partial charge in [-0.2, -0.15) is 0 Å². The Morgan fingerprint density at radius 1 is 0.537 bits per heavy atom. The fourth-order valence-corrected chi connectivity index (χ4v) is 5.68. The fourth-order valence-electron chi connectivity index (χ4n) is 5.68. The van der Waals surface area contributed by atoms with E-state index in [1.807, 2.05) is 0 Å². The van der Waals surface area contributed by atoms with Gasteiger partial charge in [0.05, 0.1) is 31.7 Å². The second kappa shape index (κ2) is 31.1. The normalized spacial score (nSPS) is 14.5. The van der Waals surface area contributed by atoms with Crippen molar-refractivity contribution < 1.29 is 68.4 Å². The van der Waals surface area contributed by atoms with Crippen molar-refractivity contribution in [2.75, 3.05) is 32.8 Å². The number of carbonyl (C=O) groups is 10. The van der Waals surface area contributed by atoms with E-state index < -0.39 is 134 Å². The zero-order valence-electron chi connectivity index (χ0n) is 38.2. The first-order valence-electron chi connectivity index (χ1n) is 21.2. The summed E-state index contributed by atoms with van der Waals surface area (Å²) < 4.78 is 0. The topological polar surface area (TPSA) is 503 Å².